The van der Waals surface area contributed by atoms with Crippen LogP contribution in [0.25, 0.3) is 0 Å². The Morgan fingerprint density at radius 1 is 1.29 bits per heavy atom. The number of carbonyl (C=O) groups is 1. The molecule has 1 fully saturated rings. The van der Waals surface area contributed by atoms with Crippen molar-refractivity contribution in [2.24, 2.45) is 5.92 Å². The summed E-state index contributed by atoms with van der Waals surface area (Å²) in [5.74, 6) is 1.08. The molecule has 3 rings (SSSR count). The van der Waals surface area contributed by atoms with Gasteiger partial charge in [-0.15, -0.1) is 11.8 Å². The molecule has 8 heteroatoms. The maximum Gasteiger partial charge on any atom is 0.255 e. The summed E-state index contributed by atoms with van der Waals surface area (Å²) in [5, 5.41) is 0. The zero-order chi connectivity index (χ0) is 20.3. The van der Waals surface area contributed by atoms with Crippen molar-refractivity contribution >= 4 is 27.7 Å². The Morgan fingerprint density at radius 3 is 2.61 bits per heavy atom. The van der Waals surface area contributed by atoms with E-state index in [2.05, 4.69) is 6.92 Å². The molecule has 0 bridgehead atoms. The molecule has 0 atom stereocenters. The molecule has 0 spiro atoms. The fourth-order valence-corrected chi connectivity index (χ4v) is 5.02. The Balaban J connectivity index is 1.88. The van der Waals surface area contributed by atoms with Gasteiger partial charge in [-0.1, -0.05) is 6.92 Å². The summed E-state index contributed by atoms with van der Waals surface area (Å²) in [7, 11) is -2.23. The Hall–Kier alpha value is -1.77. The van der Waals surface area contributed by atoms with E-state index >= 15 is 0 Å². The predicted molar refractivity (Wildman–Crippen MR) is 110 cm³/mol. The van der Waals surface area contributed by atoms with E-state index in [0.717, 1.165) is 17.7 Å². The van der Waals surface area contributed by atoms with Gasteiger partial charge in [0.15, 0.2) is 0 Å². The number of rotatable bonds is 6. The molecule has 6 nitrogen and oxygen atoms in total. The summed E-state index contributed by atoms with van der Waals surface area (Å²) in [4.78, 5) is 15.8. The van der Waals surface area contributed by atoms with Crippen LogP contribution < -0.4 is 0 Å². The second kappa shape index (κ2) is 8.71. The first-order valence-electron chi connectivity index (χ1n) is 9.29. The van der Waals surface area contributed by atoms with Crippen LogP contribution in [0.2, 0.25) is 0 Å². The van der Waals surface area contributed by atoms with Crippen LogP contribution in [-0.4, -0.2) is 49.9 Å². The van der Waals surface area contributed by atoms with E-state index in [1.165, 1.54) is 35.4 Å². The summed E-state index contributed by atoms with van der Waals surface area (Å²) in [5.41, 5.74) is 0.453. The summed E-state index contributed by atoms with van der Waals surface area (Å²) in [6.45, 7) is 3.75. The van der Waals surface area contributed by atoms with Gasteiger partial charge in [0.25, 0.3) is 5.91 Å². The van der Waals surface area contributed by atoms with Crippen molar-refractivity contribution in [2.75, 3.05) is 26.4 Å². The number of hydrogen-bond donors (Lipinski definition) is 0. The number of furan rings is 1. The number of benzene rings is 1. The molecule has 0 N–H and O–H groups in total. The quantitative estimate of drug-likeness (QED) is 0.664. The number of carbonyl (C=O) groups excluding carboxylic acids is 1. The Morgan fingerprint density at radius 2 is 2.00 bits per heavy atom. The lowest BCUT2D eigenvalue weighted by Gasteiger charge is -2.31. The fraction of sp³-hybridized carbons (Fsp3) is 0.450. The standard InChI is InChI=1S/C20H26N2O4S2/c1-15-8-10-22(11-9-15)20(23)18-13-17(6-7-19(18)27-3)28(24,25)21(2)14-16-5-4-12-26-16/h4-7,12-13,15H,8-11,14H2,1-3H3. The van der Waals surface area contributed by atoms with E-state index in [4.69, 9.17) is 4.42 Å². The zero-order valence-electron chi connectivity index (χ0n) is 16.4. The van der Waals surface area contributed by atoms with E-state index in [-0.39, 0.29) is 17.3 Å². The molecule has 2 aromatic rings. The average molecular weight is 423 g/mol. The van der Waals surface area contributed by atoms with E-state index in [0.29, 0.717) is 30.3 Å². The van der Waals surface area contributed by atoms with Crippen LogP contribution in [-0.2, 0) is 16.6 Å². The number of nitrogens with zero attached hydrogens (tertiary/aromatic N) is 2. The van der Waals surface area contributed by atoms with Crippen molar-refractivity contribution in [2.45, 2.75) is 36.1 Å². The van der Waals surface area contributed by atoms with Crippen LogP contribution in [0.15, 0.2) is 50.8 Å². The molecule has 2 heterocycles. The van der Waals surface area contributed by atoms with Crippen LogP contribution in [0.3, 0.4) is 0 Å². The van der Waals surface area contributed by atoms with Gasteiger partial charge in [-0.25, -0.2) is 8.42 Å². The lowest BCUT2D eigenvalue weighted by atomic mass is 9.98. The first kappa shape index (κ1) is 21.0. The molecule has 0 aliphatic carbocycles. The van der Waals surface area contributed by atoms with Gasteiger partial charge in [0.2, 0.25) is 10.0 Å². The summed E-state index contributed by atoms with van der Waals surface area (Å²) < 4.78 is 32.5. The molecular formula is C20H26N2O4S2. The van der Waals surface area contributed by atoms with Gasteiger partial charge in [0.05, 0.1) is 23.3 Å². The number of piperidine rings is 1. The monoisotopic (exact) mass is 422 g/mol. The average Bonchev–Trinajstić information content (AvgIpc) is 3.20. The minimum absolute atomic E-state index is 0.0954. The minimum atomic E-state index is -3.74. The van der Waals surface area contributed by atoms with Crippen LogP contribution in [0.4, 0.5) is 0 Å². The molecule has 1 aliphatic heterocycles. The van der Waals surface area contributed by atoms with Crippen molar-refractivity contribution in [1.29, 1.82) is 0 Å². The minimum Gasteiger partial charge on any atom is -0.468 e. The second-order valence-corrected chi connectivity index (χ2v) is 10.1. The smallest absolute Gasteiger partial charge is 0.255 e. The van der Waals surface area contributed by atoms with E-state index < -0.39 is 10.0 Å². The molecule has 1 saturated heterocycles. The van der Waals surface area contributed by atoms with Crippen molar-refractivity contribution in [1.82, 2.24) is 9.21 Å². The van der Waals surface area contributed by atoms with E-state index in [1.807, 2.05) is 11.2 Å². The summed E-state index contributed by atoms with van der Waals surface area (Å²) in [6, 6.07) is 8.25. The topological polar surface area (TPSA) is 70.8 Å². The maximum absolute atomic E-state index is 13.1. The first-order valence-corrected chi connectivity index (χ1v) is 12.0. The van der Waals surface area contributed by atoms with Crippen molar-refractivity contribution in [3.63, 3.8) is 0 Å². The lowest BCUT2D eigenvalue weighted by molar-refractivity contribution is 0.0693. The van der Waals surface area contributed by atoms with Crippen molar-refractivity contribution in [3.8, 4) is 0 Å². The Labute approximate surface area is 170 Å². The number of amides is 1. The van der Waals surface area contributed by atoms with Crippen molar-refractivity contribution in [3.05, 3.63) is 47.9 Å². The van der Waals surface area contributed by atoms with E-state index in [1.54, 1.807) is 24.3 Å². The van der Waals surface area contributed by atoms with Gasteiger partial charge < -0.3 is 9.32 Å². The third kappa shape index (κ3) is 4.45. The van der Waals surface area contributed by atoms with Crippen LogP contribution in [0.1, 0.15) is 35.9 Å². The maximum atomic E-state index is 13.1. The van der Waals surface area contributed by atoms with Crippen molar-refractivity contribution < 1.29 is 17.6 Å². The molecule has 1 amide bonds. The lowest BCUT2D eigenvalue weighted by Crippen LogP contribution is -2.38. The summed E-state index contributed by atoms with van der Waals surface area (Å²) in [6.07, 6.45) is 5.36. The van der Waals surface area contributed by atoms with Crippen LogP contribution in [0, 0.1) is 5.92 Å². The van der Waals surface area contributed by atoms with Crippen LogP contribution in [0.5, 0.6) is 0 Å². The highest BCUT2D eigenvalue weighted by Gasteiger charge is 2.27. The summed E-state index contributed by atoms with van der Waals surface area (Å²) >= 11 is 1.45. The van der Waals surface area contributed by atoms with Gasteiger partial charge in [-0.3, -0.25) is 4.79 Å². The number of likely N-dealkylation sites (tertiary alicyclic amines) is 1. The number of hydrogen-bond acceptors (Lipinski definition) is 5. The van der Waals surface area contributed by atoms with Gasteiger partial charge >= 0.3 is 0 Å². The molecule has 1 aromatic heterocycles. The number of sulfonamides is 1. The molecule has 0 radical (unpaired) electrons. The molecule has 152 valence electrons. The largest absolute Gasteiger partial charge is 0.468 e. The zero-order valence-corrected chi connectivity index (χ0v) is 18.1. The molecule has 0 unspecified atom stereocenters. The van der Waals surface area contributed by atoms with Gasteiger partial charge in [-0.2, -0.15) is 4.31 Å². The molecule has 0 saturated carbocycles. The molecule has 1 aromatic carbocycles. The Bertz CT molecular complexity index is 918. The van der Waals surface area contributed by atoms with Crippen LogP contribution >= 0.6 is 11.8 Å². The highest BCUT2D eigenvalue weighted by atomic mass is 32.2. The third-order valence-corrected chi connectivity index (χ3v) is 7.73. The second-order valence-electron chi connectivity index (χ2n) is 7.18. The fourth-order valence-electron chi connectivity index (χ4n) is 3.28. The van der Waals surface area contributed by atoms with Gasteiger partial charge in [0.1, 0.15) is 5.76 Å². The van der Waals surface area contributed by atoms with E-state index in [9.17, 15) is 13.2 Å². The molecule has 28 heavy (non-hydrogen) atoms. The number of thioether (sulfide) groups is 1. The SMILES string of the molecule is CSc1ccc(S(=O)(=O)N(C)Cc2ccco2)cc1C(=O)N1CCC(C)CC1. The highest BCUT2D eigenvalue weighted by Crippen LogP contribution is 2.28. The highest BCUT2D eigenvalue weighted by molar-refractivity contribution is 7.98. The normalized spacial score (nSPS) is 15.9. The molecular weight excluding hydrogens is 396 g/mol. The predicted octanol–water partition coefficient (Wildman–Crippen LogP) is 3.69. The van der Waals surface area contributed by atoms with Gasteiger partial charge in [-0.05, 0) is 55.3 Å². The third-order valence-electron chi connectivity index (χ3n) is 5.14. The first-order chi connectivity index (χ1) is 13.3. The molecule has 1 aliphatic rings. The van der Waals surface area contributed by atoms with Gasteiger partial charge in [0, 0.05) is 25.0 Å². The Kier molecular flexibility index (Phi) is 6.52.